The van der Waals surface area contributed by atoms with Crippen molar-refractivity contribution in [2.24, 2.45) is 0 Å². The molecule has 2 aliphatic heterocycles. The van der Waals surface area contributed by atoms with Crippen molar-refractivity contribution in [1.29, 1.82) is 0 Å². The van der Waals surface area contributed by atoms with Gasteiger partial charge in [0.25, 0.3) is 5.91 Å². The van der Waals surface area contributed by atoms with E-state index in [2.05, 4.69) is 0 Å². The number of carbonyl (C=O) groups excluding carboxylic acids is 2. The first-order chi connectivity index (χ1) is 12.0. The van der Waals surface area contributed by atoms with E-state index in [0.717, 1.165) is 18.4 Å². The van der Waals surface area contributed by atoms with Gasteiger partial charge in [0.05, 0.1) is 25.3 Å². The Labute approximate surface area is 152 Å². The number of carbonyl (C=O) groups is 2. The van der Waals surface area contributed by atoms with Crippen molar-refractivity contribution in [3.8, 4) is 11.5 Å². The highest BCUT2D eigenvalue weighted by Crippen LogP contribution is 2.42. The molecule has 6 nitrogen and oxygen atoms in total. The lowest BCUT2D eigenvalue weighted by Crippen LogP contribution is -2.44. The average molecular weight is 367 g/mol. The second kappa shape index (κ2) is 6.75. The number of nitrogens with zero attached hydrogens (tertiary/aromatic N) is 2. The van der Waals surface area contributed by atoms with E-state index < -0.39 is 5.54 Å². The first-order valence-corrected chi connectivity index (χ1v) is 8.99. The molecular formula is C18H23ClN2O4. The third-order valence-electron chi connectivity index (χ3n) is 5.10. The van der Waals surface area contributed by atoms with Gasteiger partial charge in [0.1, 0.15) is 5.54 Å². The van der Waals surface area contributed by atoms with Crippen molar-refractivity contribution in [1.82, 2.24) is 9.80 Å². The van der Waals surface area contributed by atoms with Crippen molar-refractivity contribution in [2.45, 2.75) is 45.2 Å². The van der Waals surface area contributed by atoms with Gasteiger partial charge in [-0.15, -0.1) is 0 Å². The number of amides is 3. The van der Waals surface area contributed by atoms with E-state index in [9.17, 15) is 9.59 Å². The van der Waals surface area contributed by atoms with Crippen LogP contribution in [0.15, 0.2) is 12.1 Å². The Balaban J connectivity index is 1.89. The van der Waals surface area contributed by atoms with Crippen LogP contribution in [0.3, 0.4) is 0 Å². The number of hydrogen-bond acceptors (Lipinski definition) is 4. The number of ether oxygens (including phenoxy) is 2. The normalized spacial score (nSPS) is 22.6. The molecule has 2 heterocycles. The molecule has 0 radical (unpaired) electrons. The molecule has 0 spiro atoms. The van der Waals surface area contributed by atoms with Crippen LogP contribution in [0.4, 0.5) is 4.79 Å². The fraction of sp³-hybridized carbons (Fsp3) is 0.556. The molecule has 2 saturated heterocycles. The molecule has 7 heteroatoms. The maximum Gasteiger partial charge on any atom is 0.327 e. The van der Waals surface area contributed by atoms with Gasteiger partial charge in [0, 0.05) is 6.54 Å². The van der Waals surface area contributed by atoms with E-state index in [1.54, 1.807) is 17.0 Å². The summed E-state index contributed by atoms with van der Waals surface area (Å²) < 4.78 is 10.9. The van der Waals surface area contributed by atoms with Crippen LogP contribution in [0, 0.1) is 0 Å². The minimum atomic E-state index is -0.657. The van der Waals surface area contributed by atoms with Crippen LogP contribution in [0.25, 0.3) is 0 Å². The smallest absolute Gasteiger partial charge is 0.327 e. The van der Waals surface area contributed by atoms with Gasteiger partial charge in [0.2, 0.25) is 0 Å². The van der Waals surface area contributed by atoms with Crippen LogP contribution in [-0.2, 0) is 11.3 Å². The van der Waals surface area contributed by atoms with Gasteiger partial charge in [0.15, 0.2) is 11.5 Å². The second-order valence-electron chi connectivity index (χ2n) is 6.36. The number of benzene rings is 1. The molecule has 0 aromatic heterocycles. The van der Waals surface area contributed by atoms with Gasteiger partial charge in [-0.3, -0.25) is 9.69 Å². The molecule has 3 amide bonds. The van der Waals surface area contributed by atoms with Gasteiger partial charge >= 0.3 is 6.03 Å². The molecule has 1 atom stereocenters. The number of fused-ring (bicyclic) bond motifs is 1. The summed E-state index contributed by atoms with van der Waals surface area (Å²) in [6.07, 6.45) is 2.25. The van der Waals surface area contributed by atoms with E-state index in [4.69, 9.17) is 21.1 Å². The van der Waals surface area contributed by atoms with E-state index in [1.165, 1.54) is 12.0 Å². The topological polar surface area (TPSA) is 59.1 Å². The Morgan fingerprint density at radius 3 is 2.64 bits per heavy atom. The van der Waals surface area contributed by atoms with Crippen molar-refractivity contribution >= 4 is 23.5 Å². The van der Waals surface area contributed by atoms with Crippen molar-refractivity contribution in [2.75, 3.05) is 20.3 Å². The molecule has 2 fully saturated rings. The second-order valence-corrected chi connectivity index (χ2v) is 6.76. The van der Waals surface area contributed by atoms with Gasteiger partial charge in [-0.2, -0.15) is 0 Å². The van der Waals surface area contributed by atoms with Gasteiger partial charge in [-0.1, -0.05) is 18.5 Å². The Bertz CT molecular complexity index is 709. The molecule has 1 aromatic carbocycles. The summed E-state index contributed by atoms with van der Waals surface area (Å²) in [4.78, 5) is 28.7. The van der Waals surface area contributed by atoms with E-state index in [0.29, 0.717) is 36.1 Å². The maximum atomic E-state index is 12.9. The fourth-order valence-corrected chi connectivity index (χ4v) is 4.14. The Hall–Kier alpha value is -1.95. The lowest BCUT2D eigenvalue weighted by molar-refractivity contribution is -0.133. The molecule has 25 heavy (non-hydrogen) atoms. The van der Waals surface area contributed by atoms with E-state index in [1.807, 2.05) is 13.8 Å². The summed E-state index contributed by atoms with van der Waals surface area (Å²) in [7, 11) is 1.53. The minimum absolute atomic E-state index is 0.110. The standard InChI is InChI=1S/C18H23ClN2O4/c1-4-18-7-6-8-21(18)17(23)20(16(18)22)11-12-9-13(19)15(25-5-2)14(10-12)24-3/h9-10H,4-8,11H2,1-3H3/t18-/m1/s1. The maximum absolute atomic E-state index is 12.9. The summed E-state index contributed by atoms with van der Waals surface area (Å²) in [5, 5.41) is 0.404. The molecule has 1 aromatic rings. The predicted molar refractivity (Wildman–Crippen MR) is 94.1 cm³/mol. The lowest BCUT2D eigenvalue weighted by atomic mass is 9.93. The highest BCUT2D eigenvalue weighted by atomic mass is 35.5. The highest BCUT2D eigenvalue weighted by molar-refractivity contribution is 6.32. The molecule has 3 rings (SSSR count). The summed E-state index contributed by atoms with van der Waals surface area (Å²) >= 11 is 6.30. The average Bonchev–Trinajstić information content (AvgIpc) is 3.12. The summed E-state index contributed by atoms with van der Waals surface area (Å²) in [6, 6.07) is 3.27. The van der Waals surface area contributed by atoms with Crippen LogP contribution in [-0.4, -0.2) is 47.5 Å². The molecule has 0 saturated carbocycles. The monoisotopic (exact) mass is 366 g/mol. The highest BCUT2D eigenvalue weighted by Gasteiger charge is 2.58. The summed E-state index contributed by atoms with van der Waals surface area (Å²) in [6.45, 7) is 5.11. The molecule has 0 unspecified atom stereocenters. The number of imide groups is 1. The Kier molecular flexibility index (Phi) is 4.82. The molecule has 0 bridgehead atoms. The summed E-state index contributed by atoms with van der Waals surface area (Å²) in [5.41, 5.74) is 0.0791. The molecular weight excluding hydrogens is 344 g/mol. The first kappa shape index (κ1) is 17.9. The molecule has 0 aliphatic carbocycles. The van der Waals surface area contributed by atoms with Gasteiger partial charge in [-0.05, 0) is 43.9 Å². The zero-order valence-electron chi connectivity index (χ0n) is 14.8. The number of rotatable bonds is 6. The van der Waals surface area contributed by atoms with Crippen molar-refractivity contribution < 1.29 is 19.1 Å². The van der Waals surface area contributed by atoms with Gasteiger partial charge in [-0.25, -0.2) is 4.79 Å². The summed E-state index contributed by atoms with van der Waals surface area (Å²) in [5.74, 6) is 0.857. The van der Waals surface area contributed by atoms with Crippen LogP contribution in [0.2, 0.25) is 5.02 Å². The number of urea groups is 1. The SMILES string of the molecule is CCOc1c(Cl)cc(CN2C(=O)N3CCC[C@]3(CC)C2=O)cc1OC. The Morgan fingerprint density at radius 1 is 1.28 bits per heavy atom. The largest absolute Gasteiger partial charge is 0.493 e. The fourth-order valence-electron chi connectivity index (χ4n) is 3.85. The quantitative estimate of drug-likeness (QED) is 0.723. The minimum Gasteiger partial charge on any atom is -0.493 e. The van der Waals surface area contributed by atoms with Crippen molar-refractivity contribution in [3.63, 3.8) is 0 Å². The lowest BCUT2D eigenvalue weighted by Gasteiger charge is -2.26. The van der Waals surface area contributed by atoms with E-state index >= 15 is 0 Å². The molecule has 2 aliphatic rings. The zero-order valence-corrected chi connectivity index (χ0v) is 15.6. The molecule has 0 N–H and O–H groups in total. The van der Waals surface area contributed by atoms with E-state index in [-0.39, 0.29) is 18.5 Å². The third-order valence-corrected chi connectivity index (χ3v) is 5.38. The number of hydrogen-bond donors (Lipinski definition) is 0. The third kappa shape index (κ3) is 2.72. The molecule has 136 valence electrons. The van der Waals surface area contributed by atoms with Crippen molar-refractivity contribution in [3.05, 3.63) is 22.7 Å². The van der Waals surface area contributed by atoms with Crippen LogP contribution in [0.1, 0.15) is 38.7 Å². The number of methoxy groups -OCH3 is 1. The zero-order chi connectivity index (χ0) is 18.2. The van der Waals surface area contributed by atoms with Gasteiger partial charge < -0.3 is 14.4 Å². The predicted octanol–water partition coefficient (Wildman–Crippen LogP) is 3.45. The Morgan fingerprint density at radius 2 is 2.04 bits per heavy atom. The number of halogens is 1. The van der Waals surface area contributed by atoms with Crippen LogP contribution < -0.4 is 9.47 Å². The van der Waals surface area contributed by atoms with Crippen LogP contribution in [0.5, 0.6) is 11.5 Å². The van der Waals surface area contributed by atoms with Crippen LogP contribution >= 0.6 is 11.6 Å². The first-order valence-electron chi connectivity index (χ1n) is 8.61.